The predicted octanol–water partition coefficient (Wildman–Crippen LogP) is 3.08. The van der Waals surface area contributed by atoms with Crippen molar-refractivity contribution in [3.8, 4) is 11.3 Å². The molecule has 0 radical (unpaired) electrons. The number of benzene rings is 2. The third-order valence-electron chi connectivity index (χ3n) is 4.30. The molecule has 4 N–H and O–H groups in total. The molecule has 0 aliphatic carbocycles. The number of nitrogens with zero attached hydrogens (tertiary/aromatic N) is 2. The Balaban J connectivity index is 1.44. The maximum atomic E-state index is 12.3. The summed E-state index contributed by atoms with van der Waals surface area (Å²) >= 11 is 0. The lowest BCUT2D eigenvalue weighted by Gasteiger charge is -2.14. The Bertz CT molecular complexity index is 934. The van der Waals surface area contributed by atoms with E-state index in [4.69, 9.17) is 5.73 Å². The summed E-state index contributed by atoms with van der Waals surface area (Å²) in [6, 6.07) is 17.2. The third kappa shape index (κ3) is 5.56. The first kappa shape index (κ1) is 19.4. The summed E-state index contributed by atoms with van der Waals surface area (Å²) in [4.78, 5) is 14.5. The van der Waals surface area contributed by atoms with E-state index in [0.717, 1.165) is 30.0 Å². The first-order valence-corrected chi connectivity index (χ1v) is 9.18. The molecule has 3 aromatic rings. The molecular formula is C22H25N5O. The number of hydrogen-bond donors (Lipinski definition) is 3. The normalized spacial score (nSPS) is 11.2. The van der Waals surface area contributed by atoms with Gasteiger partial charge in [0.2, 0.25) is 0 Å². The van der Waals surface area contributed by atoms with Crippen molar-refractivity contribution in [3.63, 3.8) is 0 Å². The van der Waals surface area contributed by atoms with Crippen molar-refractivity contribution in [2.45, 2.75) is 6.54 Å². The number of aromatic amines is 1. The molecule has 28 heavy (non-hydrogen) atoms. The van der Waals surface area contributed by atoms with E-state index in [0.29, 0.717) is 12.1 Å². The molecule has 0 atom stereocenters. The van der Waals surface area contributed by atoms with Crippen LogP contribution in [-0.4, -0.2) is 41.1 Å². The number of anilines is 1. The number of nitrogens with two attached hydrogens (primary N) is 1. The molecule has 0 aliphatic rings. The number of nitrogens with one attached hydrogen (secondary N) is 2. The molecule has 0 aliphatic heterocycles. The number of aromatic nitrogens is 2. The van der Waals surface area contributed by atoms with Crippen molar-refractivity contribution >= 4 is 11.6 Å². The Hall–Kier alpha value is -3.38. The predicted molar refractivity (Wildman–Crippen MR) is 113 cm³/mol. The summed E-state index contributed by atoms with van der Waals surface area (Å²) in [6.45, 7) is 2.10. The number of hydrogen-bond acceptors (Lipinski definition) is 4. The van der Waals surface area contributed by atoms with E-state index in [-0.39, 0.29) is 5.91 Å². The van der Waals surface area contributed by atoms with Gasteiger partial charge in [-0.3, -0.25) is 14.8 Å². The van der Waals surface area contributed by atoms with Gasteiger partial charge in [-0.25, -0.2) is 0 Å². The molecule has 6 nitrogen and oxygen atoms in total. The van der Waals surface area contributed by atoms with Gasteiger partial charge in [0, 0.05) is 42.6 Å². The molecule has 1 heterocycles. The second kappa shape index (κ2) is 9.53. The molecule has 1 aromatic heterocycles. The minimum Gasteiger partial charge on any atom is -0.399 e. The summed E-state index contributed by atoms with van der Waals surface area (Å²) in [6.07, 6.45) is 5.71. The third-order valence-corrected chi connectivity index (χ3v) is 4.30. The molecule has 0 fully saturated rings. The van der Waals surface area contributed by atoms with Gasteiger partial charge in [0.1, 0.15) is 0 Å². The molecule has 3 rings (SSSR count). The molecule has 0 unspecified atom stereocenters. The van der Waals surface area contributed by atoms with Crippen LogP contribution in [-0.2, 0) is 6.54 Å². The van der Waals surface area contributed by atoms with Crippen molar-refractivity contribution in [2.75, 3.05) is 25.9 Å². The van der Waals surface area contributed by atoms with Gasteiger partial charge in [-0.15, -0.1) is 0 Å². The average molecular weight is 375 g/mol. The molecule has 0 saturated heterocycles. The van der Waals surface area contributed by atoms with E-state index in [2.05, 4.69) is 26.5 Å². The highest BCUT2D eigenvalue weighted by molar-refractivity contribution is 5.95. The molecular weight excluding hydrogens is 350 g/mol. The fourth-order valence-corrected chi connectivity index (χ4v) is 2.90. The van der Waals surface area contributed by atoms with Gasteiger partial charge in [0.15, 0.2) is 0 Å². The quantitative estimate of drug-likeness (QED) is 0.417. The van der Waals surface area contributed by atoms with Gasteiger partial charge in [0.25, 0.3) is 5.91 Å². The number of carbonyl (C=O) groups excluding carboxylic acids is 1. The monoisotopic (exact) mass is 375 g/mol. The molecule has 1 amide bonds. The zero-order valence-electron chi connectivity index (χ0n) is 15.9. The second-order valence-electron chi connectivity index (χ2n) is 6.67. The first-order valence-electron chi connectivity index (χ1n) is 9.18. The Labute approximate surface area is 165 Å². The summed E-state index contributed by atoms with van der Waals surface area (Å²) in [7, 11) is 2.05. The Morgan fingerprint density at radius 2 is 2.04 bits per heavy atom. The van der Waals surface area contributed by atoms with Crippen molar-refractivity contribution in [1.29, 1.82) is 0 Å². The molecule has 6 heteroatoms. The molecule has 0 spiro atoms. The number of likely N-dealkylation sites (N-methyl/N-ethyl adjacent to an activating group) is 1. The SMILES string of the molecule is CN(C/C=C/CNC(=O)c1cccc(-c2ccn[nH]2)c1)Cc1cccc(N)c1. The van der Waals surface area contributed by atoms with Crippen LogP contribution < -0.4 is 11.1 Å². The number of nitrogen functional groups attached to an aromatic ring is 1. The fourth-order valence-electron chi connectivity index (χ4n) is 2.90. The lowest BCUT2D eigenvalue weighted by atomic mass is 10.1. The summed E-state index contributed by atoms with van der Waals surface area (Å²) in [5.74, 6) is -0.0980. The summed E-state index contributed by atoms with van der Waals surface area (Å²) < 4.78 is 0. The Morgan fingerprint density at radius 1 is 1.18 bits per heavy atom. The minimum absolute atomic E-state index is 0.0980. The standard InChI is InChI=1S/C22H25N5O/c1-27(16-17-6-4-9-20(23)14-17)13-3-2-11-24-22(28)19-8-5-7-18(15-19)21-10-12-25-26-21/h2-10,12,14-15H,11,13,16,23H2,1H3,(H,24,28)(H,25,26)/b3-2+. The summed E-state index contributed by atoms with van der Waals surface area (Å²) in [5.41, 5.74) is 10.2. The van der Waals surface area contributed by atoms with Crippen molar-refractivity contribution in [1.82, 2.24) is 20.4 Å². The summed E-state index contributed by atoms with van der Waals surface area (Å²) in [5, 5.41) is 9.76. The van der Waals surface area contributed by atoms with Crippen LogP contribution in [0.3, 0.4) is 0 Å². The largest absolute Gasteiger partial charge is 0.399 e. The first-order chi connectivity index (χ1) is 13.6. The lowest BCUT2D eigenvalue weighted by molar-refractivity contribution is 0.0958. The highest BCUT2D eigenvalue weighted by Gasteiger charge is 2.06. The van der Waals surface area contributed by atoms with E-state index in [1.54, 1.807) is 12.3 Å². The van der Waals surface area contributed by atoms with Crippen LogP contribution in [0.2, 0.25) is 0 Å². The van der Waals surface area contributed by atoms with E-state index in [9.17, 15) is 4.79 Å². The van der Waals surface area contributed by atoms with Gasteiger partial charge in [-0.1, -0.05) is 36.4 Å². The molecule has 0 bridgehead atoms. The zero-order chi connectivity index (χ0) is 19.8. The zero-order valence-corrected chi connectivity index (χ0v) is 15.9. The van der Waals surface area contributed by atoms with Gasteiger partial charge in [0.05, 0.1) is 5.69 Å². The number of rotatable bonds is 8. The van der Waals surface area contributed by atoms with Crippen LogP contribution >= 0.6 is 0 Å². The second-order valence-corrected chi connectivity index (χ2v) is 6.67. The van der Waals surface area contributed by atoms with Crippen LogP contribution in [0.4, 0.5) is 5.69 Å². The van der Waals surface area contributed by atoms with Crippen molar-refractivity contribution < 1.29 is 4.79 Å². The smallest absolute Gasteiger partial charge is 0.251 e. The maximum Gasteiger partial charge on any atom is 0.251 e. The fraction of sp³-hybridized carbons (Fsp3) is 0.182. The molecule has 144 valence electrons. The van der Waals surface area contributed by atoms with Crippen LogP contribution in [0.15, 0.2) is 72.9 Å². The lowest BCUT2D eigenvalue weighted by Crippen LogP contribution is -2.23. The van der Waals surface area contributed by atoms with Crippen LogP contribution in [0.1, 0.15) is 15.9 Å². The van der Waals surface area contributed by atoms with Crippen LogP contribution in [0.5, 0.6) is 0 Å². The van der Waals surface area contributed by atoms with Crippen molar-refractivity contribution in [2.24, 2.45) is 0 Å². The van der Waals surface area contributed by atoms with Gasteiger partial charge in [-0.05, 0) is 42.9 Å². The topological polar surface area (TPSA) is 87.0 Å². The van der Waals surface area contributed by atoms with Gasteiger partial charge in [-0.2, -0.15) is 5.10 Å². The van der Waals surface area contributed by atoms with Gasteiger partial charge < -0.3 is 11.1 Å². The number of H-pyrrole nitrogens is 1. The molecule has 0 saturated carbocycles. The van der Waals surface area contributed by atoms with E-state index < -0.39 is 0 Å². The highest BCUT2D eigenvalue weighted by atomic mass is 16.1. The maximum absolute atomic E-state index is 12.3. The highest BCUT2D eigenvalue weighted by Crippen LogP contribution is 2.17. The van der Waals surface area contributed by atoms with Crippen molar-refractivity contribution in [3.05, 3.63) is 84.1 Å². The Morgan fingerprint density at radius 3 is 2.82 bits per heavy atom. The number of carbonyl (C=O) groups is 1. The van der Waals surface area contributed by atoms with E-state index >= 15 is 0 Å². The van der Waals surface area contributed by atoms with Gasteiger partial charge >= 0.3 is 0 Å². The Kier molecular flexibility index (Phi) is 6.59. The average Bonchev–Trinajstić information content (AvgIpc) is 3.22. The molecule has 2 aromatic carbocycles. The minimum atomic E-state index is -0.0980. The number of amides is 1. The van der Waals surface area contributed by atoms with E-state index in [1.807, 2.05) is 61.7 Å². The van der Waals surface area contributed by atoms with E-state index in [1.165, 1.54) is 5.56 Å². The van der Waals surface area contributed by atoms with Crippen LogP contribution in [0.25, 0.3) is 11.3 Å². The van der Waals surface area contributed by atoms with Crippen LogP contribution in [0, 0.1) is 0 Å².